The van der Waals surface area contributed by atoms with Crippen LogP contribution >= 0.6 is 0 Å². The third-order valence-electron chi connectivity index (χ3n) is 2.30. The number of fused-ring (bicyclic) bond motifs is 1. The number of nitrogens with zero attached hydrogens (tertiary/aromatic N) is 1. The Morgan fingerprint density at radius 1 is 1.60 bits per heavy atom. The number of nitrogen functional groups attached to an aromatic ring is 1. The van der Waals surface area contributed by atoms with Crippen molar-refractivity contribution in [1.29, 1.82) is 0 Å². The average molecular weight is 206 g/mol. The summed E-state index contributed by atoms with van der Waals surface area (Å²) in [7, 11) is 0. The minimum absolute atomic E-state index is 0.0881. The van der Waals surface area contributed by atoms with Crippen LogP contribution in [0, 0.1) is 0 Å². The molecule has 1 unspecified atom stereocenters. The van der Waals surface area contributed by atoms with E-state index in [0.29, 0.717) is 16.7 Å². The Morgan fingerprint density at radius 3 is 3.00 bits per heavy atom. The summed E-state index contributed by atoms with van der Waals surface area (Å²) in [5.74, 6) is -1.44. The molecule has 0 amide bonds. The first-order chi connectivity index (χ1) is 7.08. The second-order valence-corrected chi connectivity index (χ2v) is 3.34. The molecular weight excluding hydrogens is 196 g/mol. The van der Waals surface area contributed by atoms with E-state index in [1.54, 1.807) is 25.1 Å². The lowest BCUT2D eigenvalue weighted by atomic mass is 10.0. The summed E-state index contributed by atoms with van der Waals surface area (Å²) in [4.78, 5) is 14.7. The SMILES string of the molecule is CC(C(=O)O)c1ccc2nc(N)oc2c1. The highest BCUT2D eigenvalue weighted by atomic mass is 16.4. The fourth-order valence-corrected chi connectivity index (χ4v) is 1.37. The molecular formula is C10H10N2O3. The summed E-state index contributed by atoms with van der Waals surface area (Å²) in [5.41, 5.74) is 7.20. The lowest BCUT2D eigenvalue weighted by Crippen LogP contribution is -2.06. The van der Waals surface area contributed by atoms with Crippen molar-refractivity contribution in [2.45, 2.75) is 12.8 Å². The van der Waals surface area contributed by atoms with Crippen LogP contribution in [0.15, 0.2) is 22.6 Å². The summed E-state index contributed by atoms with van der Waals surface area (Å²) < 4.78 is 5.11. The zero-order valence-electron chi connectivity index (χ0n) is 8.10. The van der Waals surface area contributed by atoms with Gasteiger partial charge in [0, 0.05) is 0 Å². The van der Waals surface area contributed by atoms with E-state index in [-0.39, 0.29) is 6.01 Å². The highest BCUT2D eigenvalue weighted by molar-refractivity contribution is 5.80. The molecule has 5 nitrogen and oxygen atoms in total. The van der Waals surface area contributed by atoms with Crippen LogP contribution in [-0.2, 0) is 4.79 Å². The number of carboxylic acid groups (broad SMARTS) is 1. The molecule has 2 rings (SSSR count). The van der Waals surface area contributed by atoms with Gasteiger partial charge in [-0.3, -0.25) is 4.79 Å². The van der Waals surface area contributed by atoms with Crippen molar-refractivity contribution in [3.8, 4) is 0 Å². The van der Waals surface area contributed by atoms with Gasteiger partial charge in [-0.25, -0.2) is 0 Å². The van der Waals surface area contributed by atoms with Gasteiger partial charge < -0.3 is 15.3 Å². The first-order valence-electron chi connectivity index (χ1n) is 4.46. The number of nitrogens with two attached hydrogens (primary N) is 1. The third kappa shape index (κ3) is 1.63. The Balaban J connectivity index is 2.50. The van der Waals surface area contributed by atoms with Crippen LogP contribution in [0.1, 0.15) is 18.4 Å². The largest absolute Gasteiger partial charge is 0.481 e. The minimum atomic E-state index is -0.873. The molecule has 1 aromatic carbocycles. The third-order valence-corrected chi connectivity index (χ3v) is 2.30. The van der Waals surface area contributed by atoms with Crippen LogP contribution in [0.4, 0.5) is 6.01 Å². The van der Waals surface area contributed by atoms with E-state index in [4.69, 9.17) is 15.3 Å². The summed E-state index contributed by atoms with van der Waals surface area (Å²) >= 11 is 0. The number of oxazole rings is 1. The van der Waals surface area contributed by atoms with E-state index < -0.39 is 11.9 Å². The number of hydrogen-bond donors (Lipinski definition) is 2. The first kappa shape index (κ1) is 9.51. The fraction of sp³-hybridized carbons (Fsp3) is 0.200. The lowest BCUT2D eigenvalue weighted by Gasteiger charge is -2.04. The van der Waals surface area contributed by atoms with Crippen LogP contribution < -0.4 is 5.73 Å². The highest BCUT2D eigenvalue weighted by Gasteiger charge is 2.15. The van der Waals surface area contributed by atoms with Crippen molar-refractivity contribution < 1.29 is 14.3 Å². The molecule has 1 aromatic heterocycles. The molecule has 5 heteroatoms. The van der Waals surface area contributed by atoms with Crippen LogP contribution in [0.3, 0.4) is 0 Å². The number of carbonyl (C=O) groups is 1. The Morgan fingerprint density at radius 2 is 2.33 bits per heavy atom. The fourth-order valence-electron chi connectivity index (χ4n) is 1.37. The molecule has 0 saturated carbocycles. The molecule has 0 bridgehead atoms. The van der Waals surface area contributed by atoms with E-state index in [1.807, 2.05) is 0 Å². The Kier molecular flexibility index (Phi) is 2.07. The maximum atomic E-state index is 10.8. The smallest absolute Gasteiger partial charge is 0.310 e. The zero-order valence-corrected chi connectivity index (χ0v) is 8.10. The van der Waals surface area contributed by atoms with Gasteiger partial charge in [-0.15, -0.1) is 0 Å². The molecule has 0 saturated heterocycles. The van der Waals surface area contributed by atoms with Gasteiger partial charge in [0.05, 0.1) is 5.92 Å². The van der Waals surface area contributed by atoms with Gasteiger partial charge in [-0.05, 0) is 24.6 Å². The molecule has 2 aromatic rings. The van der Waals surface area contributed by atoms with Crippen LogP contribution in [0.5, 0.6) is 0 Å². The first-order valence-corrected chi connectivity index (χ1v) is 4.46. The number of aliphatic carboxylic acids is 1. The predicted octanol–water partition coefficient (Wildman–Crippen LogP) is 1.60. The maximum absolute atomic E-state index is 10.8. The van der Waals surface area contributed by atoms with Crippen molar-refractivity contribution in [2.75, 3.05) is 5.73 Å². The molecule has 0 radical (unpaired) electrons. The minimum Gasteiger partial charge on any atom is -0.481 e. The number of carboxylic acids is 1. The van der Waals surface area contributed by atoms with Gasteiger partial charge in [0.1, 0.15) is 5.52 Å². The summed E-state index contributed by atoms with van der Waals surface area (Å²) in [6.07, 6.45) is 0. The lowest BCUT2D eigenvalue weighted by molar-refractivity contribution is -0.138. The van der Waals surface area contributed by atoms with E-state index in [9.17, 15) is 4.79 Å². The summed E-state index contributed by atoms with van der Waals surface area (Å²) in [6.45, 7) is 1.61. The second kappa shape index (κ2) is 3.27. The molecule has 0 aliphatic carbocycles. The van der Waals surface area contributed by atoms with E-state index in [0.717, 1.165) is 0 Å². The predicted molar refractivity (Wildman–Crippen MR) is 54.5 cm³/mol. The molecule has 1 atom stereocenters. The Labute approximate surface area is 85.5 Å². The molecule has 78 valence electrons. The van der Waals surface area contributed by atoms with Crippen LogP contribution in [-0.4, -0.2) is 16.1 Å². The summed E-state index contributed by atoms with van der Waals surface area (Å²) in [6, 6.07) is 5.15. The highest BCUT2D eigenvalue weighted by Crippen LogP contribution is 2.23. The Hall–Kier alpha value is -2.04. The Bertz CT molecular complexity index is 518. The molecule has 0 aliphatic heterocycles. The standard InChI is InChI=1S/C10H10N2O3/c1-5(9(13)14)6-2-3-7-8(4-6)15-10(11)12-7/h2-5H,1H3,(H2,11,12)(H,13,14). The van der Waals surface area contributed by atoms with E-state index in [1.165, 1.54) is 0 Å². The quantitative estimate of drug-likeness (QED) is 0.778. The molecule has 0 aliphatic rings. The van der Waals surface area contributed by atoms with Gasteiger partial charge in [-0.1, -0.05) is 6.07 Å². The molecule has 3 N–H and O–H groups in total. The van der Waals surface area contributed by atoms with Crippen molar-refractivity contribution in [3.63, 3.8) is 0 Å². The van der Waals surface area contributed by atoms with Gasteiger partial charge in [-0.2, -0.15) is 4.98 Å². The number of benzene rings is 1. The maximum Gasteiger partial charge on any atom is 0.310 e. The number of aromatic nitrogens is 1. The molecule has 0 spiro atoms. The van der Waals surface area contributed by atoms with E-state index in [2.05, 4.69) is 4.98 Å². The number of hydrogen-bond acceptors (Lipinski definition) is 4. The van der Waals surface area contributed by atoms with Gasteiger partial charge in [0.2, 0.25) is 0 Å². The van der Waals surface area contributed by atoms with Crippen molar-refractivity contribution >= 4 is 23.1 Å². The van der Waals surface area contributed by atoms with Crippen molar-refractivity contribution in [2.24, 2.45) is 0 Å². The monoisotopic (exact) mass is 206 g/mol. The molecule has 0 fully saturated rings. The zero-order chi connectivity index (χ0) is 11.0. The average Bonchev–Trinajstić information content (AvgIpc) is 2.55. The normalized spacial score (nSPS) is 12.9. The number of rotatable bonds is 2. The van der Waals surface area contributed by atoms with Crippen molar-refractivity contribution in [3.05, 3.63) is 23.8 Å². The summed E-state index contributed by atoms with van der Waals surface area (Å²) in [5, 5.41) is 8.84. The number of anilines is 1. The van der Waals surface area contributed by atoms with Crippen molar-refractivity contribution in [1.82, 2.24) is 4.98 Å². The second-order valence-electron chi connectivity index (χ2n) is 3.34. The topological polar surface area (TPSA) is 89.3 Å². The molecule has 1 heterocycles. The molecule has 15 heavy (non-hydrogen) atoms. The van der Waals surface area contributed by atoms with Gasteiger partial charge in [0.25, 0.3) is 6.01 Å². The van der Waals surface area contributed by atoms with Crippen LogP contribution in [0.2, 0.25) is 0 Å². The van der Waals surface area contributed by atoms with Crippen LogP contribution in [0.25, 0.3) is 11.1 Å². The van der Waals surface area contributed by atoms with Gasteiger partial charge in [0.15, 0.2) is 5.58 Å². The van der Waals surface area contributed by atoms with E-state index >= 15 is 0 Å². The van der Waals surface area contributed by atoms with Gasteiger partial charge >= 0.3 is 5.97 Å².